The van der Waals surface area contributed by atoms with Crippen LogP contribution < -0.4 is 0 Å². The molecule has 0 N–H and O–H groups in total. The van der Waals surface area contributed by atoms with Crippen LogP contribution in [0, 0.1) is 0 Å². The van der Waals surface area contributed by atoms with Gasteiger partial charge in [-0.2, -0.15) is 0 Å². The van der Waals surface area contributed by atoms with Crippen LogP contribution in [0.1, 0.15) is 0 Å². The van der Waals surface area contributed by atoms with Crippen LogP contribution in [0.4, 0.5) is 0 Å². The highest BCUT2D eigenvalue weighted by Crippen LogP contribution is 2.41. The van der Waals surface area contributed by atoms with Crippen molar-refractivity contribution in [1.29, 1.82) is 0 Å². The van der Waals surface area contributed by atoms with E-state index < -0.39 is 0 Å². The number of rotatable bonds is 4. The first-order chi connectivity index (χ1) is 24.3. The van der Waals surface area contributed by atoms with Gasteiger partial charge in [0, 0.05) is 36.9 Å². The fourth-order valence-electron chi connectivity index (χ4n) is 7.15. The molecule has 4 heteroatoms. The van der Waals surface area contributed by atoms with Gasteiger partial charge in [0.1, 0.15) is 0 Å². The number of fused-ring (bicyclic) bond motifs is 7. The molecule has 0 saturated heterocycles. The summed E-state index contributed by atoms with van der Waals surface area (Å²) in [7, 11) is 0. The molecule has 0 amide bonds. The van der Waals surface area contributed by atoms with Crippen molar-refractivity contribution in [3.05, 3.63) is 164 Å². The van der Waals surface area contributed by atoms with Crippen LogP contribution in [0.25, 0.3) is 97.8 Å². The predicted octanol–water partition coefficient (Wildman–Crippen LogP) is 12.4. The van der Waals surface area contributed by atoms with Crippen LogP contribution in [0.3, 0.4) is 0 Å². The average Bonchev–Trinajstić information content (AvgIpc) is 3.56. The Morgan fingerprint density at radius 1 is 0.327 bits per heavy atom. The van der Waals surface area contributed by atoms with E-state index >= 15 is 0 Å². The van der Waals surface area contributed by atoms with Gasteiger partial charge in [-0.25, -0.2) is 15.0 Å². The molecule has 0 unspecified atom stereocenters. The first-order valence-electron chi connectivity index (χ1n) is 16.4. The van der Waals surface area contributed by atoms with Gasteiger partial charge in [0.2, 0.25) is 0 Å². The Labute approximate surface area is 286 Å². The van der Waals surface area contributed by atoms with Gasteiger partial charge in [-0.1, -0.05) is 133 Å². The van der Waals surface area contributed by atoms with Gasteiger partial charge < -0.3 is 0 Å². The van der Waals surface area contributed by atoms with Crippen LogP contribution in [0.15, 0.2) is 164 Å². The second-order valence-electron chi connectivity index (χ2n) is 12.4. The Bertz CT molecular complexity index is 2890. The highest BCUT2D eigenvalue weighted by atomic mass is 32.1. The van der Waals surface area contributed by atoms with Crippen molar-refractivity contribution < 1.29 is 0 Å². The van der Waals surface area contributed by atoms with Crippen molar-refractivity contribution in [3.63, 3.8) is 0 Å². The van der Waals surface area contributed by atoms with E-state index in [2.05, 4.69) is 146 Å². The number of nitrogens with zero attached hydrogens (tertiary/aromatic N) is 3. The third-order valence-electron chi connectivity index (χ3n) is 9.49. The van der Waals surface area contributed by atoms with Crippen molar-refractivity contribution in [1.82, 2.24) is 15.0 Å². The van der Waals surface area contributed by atoms with Crippen LogP contribution in [-0.4, -0.2) is 15.0 Å². The maximum Gasteiger partial charge on any atom is 0.164 e. The zero-order valence-corrected chi connectivity index (χ0v) is 27.2. The highest BCUT2D eigenvalue weighted by molar-refractivity contribution is 7.25. The fraction of sp³-hybridized carbons (Fsp3) is 0. The molecule has 0 bridgehead atoms. The van der Waals surface area contributed by atoms with Gasteiger partial charge in [0.05, 0.1) is 0 Å². The summed E-state index contributed by atoms with van der Waals surface area (Å²) in [5, 5.41) is 9.64. The molecule has 10 aromatic rings. The molecule has 0 fully saturated rings. The SMILES string of the molecule is c1ccc(-c2nc(-c3cc(-c4ccc5c(ccc6ccccc65)c4)cc4ccccc34)nc(-c3cccc4sc5ccccc5c34)n2)cc1. The summed E-state index contributed by atoms with van der Waals surface area (Å²) < 4.78 is 2.48. The Kier molecular flexibility index (Phi) is 6.36. The summed E-state index contributed by atoms with van der Waals surface area (Å²) in [6.45, 7) is 0. The van der Waals surface area contributed by atoms with Crippen LogP contribution in [0.5, 0.6) is 0 Å². The summed E-state index contributed by atoms with van der Waals surface area (Å²) in [5.41, 5.74) is 5.23. The van der Waals surface area contributed by atoms with E-state index in [4.69, 9.17) is 15.0 Å². The molecule has 228 valence electrons. The lowest BCUT2D eigenvalue weighted by atomic mass is 9.94. The minimum absolute atomic E-state index is 0.657. The van der Waals surface area contributed by atoms with Crippen LogP contribution in [0.2, 0.25) is 0 Å². The minimum atomic E-state index is 0.657. The van der Waals surface area contributed by atoms with E-state index in [9.17, 15) is 0 Å². The van der Waals surface area contributed by atoms with E-state index in [1.807, 2.05) is 18.2 Å². The third kappa shape index (κ3) is 4.68. The zero-order chi connectivity index (χ0) is 32.3. The molecule has 2 heterocycles. The van der Waals surface area contributed by atoms with Gasteiger partial charge in [-0.3, -0.25) is 0 Å². The largest absolute Gasteiger partial charge is 0.208 e. The number of aromatic nitrogens is 3. The number of thiophene rings is 1. The molecule has 0 radical (unpaired) electrons. The molecule has 3 nitrogen and oxygen atoms in total. The molecule has 8 aromatic carbocycles. The molecule has 0 saturated carbocycles. The maximum absolute atomic E-state index is 5.29. The summed E-state index contributed by atoms with van der Waals surface area (Å²) in [6, 6.07) is 58.1. The van der Waals surface area contributed by atoms with E-state index in [0.717, 1.165) is 38.6 Å². The standard InChI is InChI=1S/C45H27N3S/c1-2-12-29(13-3-1)43-46-44(38-18-10-20-41-42(38)37-17-8-9-19-40(37)49-41)48-45(47-43)39-27-33(26-31-14-5-7-16-35(31)39)30-23-24-36-32(25-30)22-21-28-11-4-6-15-34(28)36/h1-27H. The molecule has 10 rings (SSSR count). The van der Waals surface area contributed by atoms with Crippen LogP contribution >= 0.6 is 11.3 Å². The van der Waals surface area contributed by atoms with Gasteiger partial charge in [-0.15, -0.1) is 11.3 Å². The second kappa shape index (κ2) is 11.2. The van der Waals surface area contributed by atoms with E-state index in [1.165, 1.54) is 41.7 Å². The van der Waals surface area contributed by atoms with Crippen molar-refractivity contribution in [2.24, 2.45) is 0 Å². The lowest BCUT2D eigenvalue weighted by molar-refractivity contribution is 1.08. The lowest BCUT2D eigenvalue weighted by Crippen LogP contribution is -2.01. The molecular formula is C45H27N3S. The summed E-state index contributed by atoms with van der Waals surface area (Å²) in [5.74, 6) is 1.99. The first kappa shape index (κ1) is 27.8. The van der Waals surface area contributed by atoms with E-state index in [0.29, 0.717) is 17.5 Å². The van der Waals surface area contributed by atoms with Crippen molar-refractivity contribution in [2.45, 2.75) is 0 Å². The summed E-state index contributed by atoms with van der Waals surface area (Å²) in [4.78, 5) is 15.6. The summed E-state index contributed by atoms with van der Waals surface area (Å²) in [6.07, 6.45) is 0. The molecule has 0 aliphatic heterocycles. The van der Waals surface area contributed by atoms with Crippen molar-refractivity contribution in [2.75, 3.05) is 0 Å². The first-order valence-corrected chi connectivity index (χ1v) is 17.3. The molecule has 0 atom stereocenters. The lowest BCUT2D eigenvalue weighted by Gasteiger charge is -2.14. The van der Waals surface area contributed by atoms with Crippen LogP contribution in [-0.2, 0) is 0 Å². The smallest absolute Gasteiger partial charge is 0.164 e. The normalized spacial score (nSPS) is 11.7. The Hall–Kier alpha value is -6.23. The summed E-state index contributed by atoms with van der Waals surface area (Å²) >= 11 is 1.80. The topological polar surface area (TPSA) is 38.7 Å². The zero-order valence-electron chi connectivity index (χ0n) is 26.3. The Morgan fingerprint density at radius 3 is 1.82 bits per heavy atom. The molecule has 2 aromatic heterocycles. The minimum Gasteiger partial charge on any atom is -0.208 e. The number of hydrogen-bond acceptors (Lipinski definition) is 4. The molecule has 0 aliphatic rings. The monoisotopic (exact) mass is 641 g/mol. The Morgan fingerprint density at radius 2 is 0.939 bits per heavy atom. The quantitative estimate of drug-likeness (QED) is 0.180. The maximum atomic E-state index is 5.29. The molecule has 0 spiro atoms. The van der Waals surface area contributed by atoms with Gasteiger partial charge in [0.15, 0.2) is 17.5 Å². The van der Waals surface area contributed by atoms with Crippen molar-refractivity contribution in [3.8, 4) is 45.3 Å². The molecule has 49 heavy (non-hydrogen) atoms. The third-order valence-corrected chi connectivity index (χ3v) is 10.6. The van der Waals surface area contributed by atoms with Crippen molar-refractivity contribution >= 4 is 63.8 Å². The van der Waals surface area contributed by atoms with E-state index in [-0.39, 0.29) is 0 Å². The van der Waals surface area contributed by atoms with Gasteiger partial charge >= 0.3 is 0 Å². The number of hydrogen-bond donors (Lipinski definition) is 0. The number of benzene rings is 8. The van der Waals surface area contributed by atoms with E-state index in [1.54, 1.807) is 11.3 Å². The fourth-order valence-corrected chi connectivity index (χ4v) is 8.28. The molecular weight excluding hydrogens is 615 g/mol. The highest BCUT2D eigenvalue weighted by Gasteiger charge is 2.19. The average molecular weight is 642 g/mol. The Balaban J connectivity index is 1.22. The van der Waals surface area contributed by atoms with Gasteiger partial charge in [0.25, 0.3) is 0 Å². The predicted molar refractivity (Wildman–Crippen MR) is 207 cm³/mol. The van der Waals surface area contributed by atoms with Gasteiger partial charge in [-0.05, 0) is 73.8 Å². The second-order valence-corrected chi connectivity index (χ2v) is 13.5. The molecule has 0 aliphatic carbocycles.